The van der Waals surface area contributed by atoms with Crippen LogP contribution in [0, 0.1) is 10.1 Å². The summed E-state index contributed by atoms with van der Waals surface area (Å²) in [5.41, 5.74) is 0.254. The quantitative estimate of drug-likeness (QED) is 0.666. The molecule has 6 nitrogen and oxygen atoms in total. The summed E-state index contributed by atoms with van der Waals surface area (Å²) in [4.78, 5) is 25.5. The highest BCUT2D eigenvalue weighted by molar-refractivity contribution is 8.01. The number of hydrogen-bond acceptors (Lipinski definition) is 6. The van der Waals surface area contributed by atoms with E-state index in [1.807, 2.05) is 0 Å². The van der Waals surface area contributed by atoms with E-state index in [1.54, 1.807) is 17.5 Å². The Kier molecular flexibility index (Phi) is 4.58. The zero-order valence-corrected chi connectivity index (χ0v) is 12.2. The van der Waals surface area contributed by atoms with Gasteiger partial charge in [0.05, 0.1) is 21.9 Å². The maximum atomic E-state index is 11.0. The van der Waals surface area contributed by atoms with Crippen molar-refractivity contribution in [1.29, 1.82) is 0 Å². The monoisotopic (exact) mass is 330 g/mol. The van der Waals surface area contributed by atoms with Crippen molar-refractivity contribution in [2.24, 2.45) is 0 Å². The third kappa shape index (κ3) is 3.47. The first-order valence-electron chi connectivity index (χ1n) is 5.24. The summed E-state index contributed by atoms with van der Waals surface area (Å²) in [7, 11) is 0. The predicted octanol–water partition coefficient (Wildman–Crippen LogP) is 3.48. The van der Waals surface area contributed by atoms with Crippen molar-refractivity contribution in [1.82, 2.24) is 4.98 Å². The van der Waals surface area contributed by atoms with Crippen LogP contribution in [0.3, 0.4) is 0 Å². The van der Waals surface area contributed by atoms with Crippen molar-refractivity contribution in [2.75, 3.05) is 0 Å². The van der Waals surface area contributed by atoms with E-state index in [2.05, 4.69) is 4.98 Å². The van der Waals surface area contributed by atoms with Gasteiger partial charge < -0.3 is 5.11 Å². The largest absolute Gasteiger partial charge is 0.481 e. The second kappa shape index (κ2) is 6.21. The number of carboxylic acid groups (broad SMARTS) is 1. The van der Waals surface area contributed by atoms with Gasteiger partial charge in [0.1, 0.15) is 5.02 Å². The number of benzene rings is 1. The molecule has 0 atom stereocenters. The molecule has 9 heteroatoms. The van der Waals surface area contributed by atoms with Crippen LogP contribution in [0.4, 0.5) is 5.69 Å². The van der Waals surface area contributed by atoms with E-state index < -0.39 is 10.9 Å². The number of aromatic nitrogens is 1. The smallest absolute Gasteiger partial charge is 0.309 e. The summed E-state index contributed by atoms with van der Waals surface area (Å²) in [6.07, 6.45) is -0.172. The van der Waals surface area contributed by atoms with E-state index in [1.165, 1.54) is 17.4 Å². The predicted molar refractivity (Wildman–Crippen MR) is 75.7 cm³/mol. The Hall–Kier alpha value is -1.64. The Labute approximate surface area is 126 Å². The molecule has 1 aromatic heterocycles. The Balaban J connectivity index is 2.26. The maximum Gasteiger partial charge on any atom is 0.309 e. The molecule has 0 fully saturated rings. The van der Waals surface area contributed by atoms with E-state index in [0.29, 0.717) is 14.9 Å². The third-order valence-corrected chi connectivity index (χ3v) is 4.53. The van der Waals surface area contributed by atoms with Crippen LogP contribution in [0.2, 0.25) is 5.02 Å². The maximum absolute atomic E-state index is 11.0. The van der Waals surface area contributed by atoms with Crippen LogP contribution < -0.4 is 0 Å². The van der Waals surface area contributed by atoms with Crippen LogP contribution in [-0.2, 0) is 11.2 Å². The lowest BCUT2D eigenvalue weighted by atomic mass is 10.3. The Bertz CT molecular complexity index is 674. The minimum absolute atomic E-state index is 0.0577. The van der Waals surface area contributed by atoms with Gasteiger partial charge in [-0.05, 0) is 12.1 Å². The van der Waals surface area contributed by atoms with Crippen LogP contribution in [0.5, 0.6) is 0 Å². The number of nitrogens with zero attached hydrogens (tertiary/aromatic N) is 2. The van der Waals surface area contributed by atoms with E-state index in [4.69, 9.17) is 16.7 Å². The normalized spacial score (nSPS) is 10.4. The summed E-state index contributed by atoms with van der Waals surface area (Å²) in [5.74, 6) is -0.972. The molecule has 1 heterocycles. The van der Waals surface area contributed by atoms with Gasteiger partial charge in [0.2, 0.25) is 0 Å². The zero-order valence-electron chi connectivity index (χ0n) is 9.78. The molecule has 0 saturated carbocycles. The van der Waals surface area contributed by atoms with E-state index in [-0.39, 0.29) is 17.1 Å². The zero-order chi connectivity index (χ0) is 14.7. The lowest BCUT2D eigenvalue weighted by Crippen LogP contribution is -1.99. The number of carbonyl (C=O) groups is 1. The van der Waals surface area contributed by atoms with Crippen molar-refractivity contribution >= 4 is 46.4 Å². The third-order valence-electron chi connectivity index (χ3n) is 2.19. The summed E-state index contributed by atoms with van der Waals surface area (Å²) < 4.78 is 0.534. The molecule has 0 amide bonds. The number of carboxylic acids is 1. The van der Waals surface area contributed by atoms with E-state index in [0.717, 1.165) is 11.8 Å². The minimum atomic E-state index is -0.972. The lowest BCUT2D eigenvalue weighted by molar-refractivity contribution is -0.387. The average molecular weight is 331 g/mol. The number of nitro groups is 1. The molecule has 0 unspecified atom stereocenters. The van der Waals surface area contributed by atoms with Gasteiger partial charge in [0, 0.05) is 5.38 Å². The van der Waals surface area contributed by atoms with Crippen molar-refractivity contribution in [3.05, 3.63) is 44.4 Å². The molecule has 0 aliphatic heterocycles. The summed E-state index contributed by atoms with van der Waals surface area (Å²) >= 11 is 8.14. The summed E-state index contributed by atoms with van der Waals surface area (Å²) in [6, 6.07) is 4.64. The van der Waals surface area contributed by atoms with Crippen LogP contribution in [0.15, 0.2) is 32.8 Å². The molecule has 0 aliphatic carbocycles. The SMILES string of the molecule is O=C(O)Cc1csc(Sc2cccc(Cl)c2[N+](=O)[O-])n1. The van der Waals surface area contributed by atoms with Gasteiger partial charge in [-0.15, -0.1) is 11.3 Å². The highest BCUT2D eigenvalue weighted by Crippen LogP contribution is 2.39. The van der Waals surface area contributed by atoms with Crippen molar-refractivity contribution < 1.29 is 14.8 Å². The van der Waals surface area contributed by atoms with Gasteiger partial charge in [-0.1, -0.05) is 29.4 Å². The first kappa shape index (κ1) is 14.8. The van der Waals surface area contributed by atoms with Gasteiger partial charge in [-0.2, -0.15) is 0 Å². The van der Waals surface area contributed by atoms with Gasteiger partial charge >= 0.3 is 11.7 Å². The Morgan fingerprint density at radius 3 is 2.95 bits per heavy atom. The standard InChI is InChI=1S/C11H7ClN2O4S2/c12-7-2-1-3-8(10(7)14(17)18)20-11-13-6(5-19-11)4-9(15)16/h1-3,5H,4H2,(H,15,16). The molecule has 20 heavy (non-hydrogen) atoms. The first-order chi connectivity index (χ1) is 9.47. The number of rotatable bonds is 5. The van der Waals surface area contributed by atoms with Crippen molar-refractivity contribution in [3.63, 3.8) is 0 Å². The number of thiazole rings is 1. The summed E-state index contributed by atoms with van der Waals surface area (Å²) in [6.45, 7) is 0. The Morgan fingerprint density at radius 2 is 2.30 bits per heavy atom. The van der Waals surface area contributed by atoms with E-state index in [9.17, 15) is 14.9 Å². The second-order valence-corrected chi connectivity index (χ2v) is 6.18. The molecule has 0 saturated heterocycles. The molecule has 1 aromatic carbocycles. The van der Waals surface area contributed by atoms with E-state index >= 15 is 0 Å². The molecular weight excluding hydrogens is 324 g/mol. The fraction of sp³-hybridized carbons (Fsp3) is 0.0909. The molecule has 2 rings (SSSR count). The van der Waals surface area contributed by atoms with Crippen LogP contribution in [0.25, 0.3) is 0 Å². The molecule has 0 aliphatic rings. The first-order valence-corrected chi connectivity index (χ1v) is 7.31. The summed E-state index contributed by atoms with van der Waals surface area (Å²) in [5, 5.41) is 21.3. The van der Waals surface area contributed by atoms with Crippen molar-refractivity contribution in [2.45, 2.75) is 15.7 Å². The highest BCUT2D eigenvalue weighted by Gasteiger charge is 2.20. The fourth-order valence-corrected chi connectivity index (χ4v) is 3.65. The van der Waals surface area contributed by atoms with Crippen LogP contribution in [-0.4, -0.2) is 21.0 Å². The number of aliphatic carboxylic acids is 1. The van der Waals surface area contributed by atoms with Crippen LogP contribution >= 0.6 is 34.7 Å². The van der Waals surface area contributed by atoms with Crippen molar-refractivity contribution in [3.8, 4) is 0 Å². The van der Waals surface area contributed by atoms with Gasteiger partial charge in [0.25, 0.3) is 0 Å². The molecule has 0 radical (unpaired) electrons. The average Bonchev–Trinajstić information content (AvgIpc) is 2.75. The van der Waals surface area contributed by atoms with Gasteiger partial charge in [-0.3, -0.25) is 14.9 Å². The molecular formula is C11H7ClN2O4S2. The van der Waals surface area contributed by atoms with Gasteiger partial charge in [-0.25, -0.2) is 4.98 Å². The lowest BCUT2D eigenvalue weighted by Gasteiger charge is -2.01. The second-order valence-electron chi connectivity index (χ2n) is 3.62. The number of hydrogen-bond donors (Lipinski definition) is 1. The van der Waals surface area contributed by atoms with Crippen LogP contribution in [0.1, 0.15) is 5.69 Å². The van der Waals surface area contributed by atoms with Gasteiger partial charge in [0.15, 0.2) is 4.34 Å². The number of halogens is 1. The Morgan fingerprint density at radius 1 is 1.55 bits per heavy atom. The number of para-hydroxylation sites is 1. The fourth-order valence-electron chi connectivity index (χ4n) is 1.42. The topological polar surface area (TPSA) is 93.3 Å². The highest BCUT2D eigenvalue weighted by atomic mass is 35.5. The molecule has 0 spiro atoms. The molecule has 104 valence electrons. The molecule has 0 bridgehead atoms. The number of nitro benzene ring substituents is 1. The molecule has 1 N–H and O–H groups in total. The minimum Gasteiger partial charge on any atom is -0.481 e. The molecule has 2 aromatic rings.